The molecule has 0 aliphatic carbocycles. The van der Waals surface area contributed by atoms with E-state index in [0.717, 1.165) is 19.4 Å². The topological polar surface area (TPSA) is 99.2 Å². The molecule has 2 rings (SSSR count). The van der Waals surface area contributed by atoms with E-state index < -0.39 is 0 Å². The third kappa shape index (κ3) is 2.86. The lowest BCUT2D eigenvalue weighted by molar-refractivity contribution is -0.384. The zero-order chi connectivity index (χ0) is 13.3. The number of hydrogen-bond acceptors (Lipinski definition) is 5. The summed E-state index contributed by atoms with van der Waals surface area (Å²) < 4.78 is 1.62. The molecule has 1 aliphatic rings. The number of aromatic nitrogens is 2. The maximum Gasteiger partial charge on any atom is 0.331 e. The SMILES string of the molecule is Cn1ncc([N+](=O)[O-])c1N1CCCCCC1(C)C.N. The molecule has 7 heteroatoms. The van der Waals surface area contributed by atoms with Crippen LogP contribution in [0.3, 0.4) is 0 Å². The summed E-state index contributed by atoms with van der Waals surface area (Å²) in [6.45, 7) is 5.15. The second-order valence-electron chi connectivity index (χ2n) is 5.51. The van der Waals surface area contributed by atoms with Crippen LogP contribution in [-0.4, -0.2) is 26.8 Å². The largest absolute Gasteiger partial charge is 0.346 e. The van der Waals surface area contributed by atoms with Gasteiger partial charge in [0, 0.05) is 19.1 Å². The molecular formula is C12H23N5O2. The summed E-state index contributed by atoms with van der Waals surface area (Å²) in [7, 11) is 1.77. The van der Waals surface area contributed by atoms with Crippen LogP contribution in [0, 0.1) is 10.1 Å². The first-order valence-corrected chi connectivity index (χ1v) is 6.37. The van der Waals surface area contributed by atoms with Gasteiger partial charge in [0.15, 0.2) is 0 Å². The quantitative estimate of drug-likeness (QED) is 0.657. The minimum atomic E-state index is -0.344. The van der Waals surface area contributed by atoms with Crippen molar-refractivity contribution in [1.29, 1.82) is 0 Å². The fourth-order valence-electron chi connectivity index (χ4n) is 2.70. The van der Waals surface area contributed by atoms with Crippen molar-refractivity contribution in [3.8, 4) is 0 Å². The van der Waals surface area contributed by atoms with Gasteiger partial charge in [-0.1, -0.05) is 12.8 Å². The Bertz CT molecular complexity index is 455. The lowest BCUT2D eigenvalue weighted by Gasteiger charge is -2.38. The van der Waals surface area contributed by atoms with Crippen molar-refractivity contribution in [3.05, 3.63) is 16.3 Å². The lowest BCUT2D eigenvalue weighted by atomic mass is 9.97. The van der Waals surface area contributed by atoms with Gasteiger partial charge in [-0.05, 0) is 26.7 Å². The highest BCUT2D eigenvalue weighted by Gasteiger charge is 2.35. The normalized spacial score (nSPS) is 18.6. The number of nitro groups is 1. The predicted octanol–water partition coefficient (Wildman–Crippen LogP) is 2.65. The minimum absolute atomic E-state index is 0. The molecule has 0 spiro atoms. The molecule has 0 aromatic carbocycles. The molecule has 1 aliphatic heterocycles. The van der Waals surface area contributed by atoms with Gasteiger partial charge in [0.1, 0.15) is 6.20 Å². The highest BCUT2D eigenvalue weighted by molar-refractivity contribution is 5.59. The second kappa shape index (κ2) is 5.56. The van der Waals surface area contributed by atoms with Crippen LogP contribution in [0.25, 0.3) is 0 Å². The smallest absolute Gasteiger partial charge is 0.331 e. The van der Waals surface area contributed by atoms with Gasteiger partial charge >= 0.3 is 5.69 Å². The van der Waals surface area contributed by atoms with E-state index in [1.807, 2.05) is 0 Å². The van der Waals surface area contributed by atoms with Gasteiger partial charge in [-0.15, -0.1) is 0 Å². The van der Waals surface area contributed by atoms with Gasteiger partial charge in [0.25, 0.3) is 0 Å². The molecule has 1 fully saturated rings. The molecule has 1 aromatic heterocycles. The van der Waals surface area contributed by atoms with Crippen LogP contribution >= 0.6 is 0 Å². The Morgan fingerprint density at radius 1 is 1.37 bits per heavy atom. The van der Waals surface area contributed by atoms with E-state index in [1.54, 1.807) is 11.7 Å². The maximum absolute atomic E-state index is 11.1. The summed E-state index contributed by atoms with van der Waals surface area (Å²) in [5.74, 6) is 0.631. The Balaban J connectivity index is 0.00000180. The molecule has 2 heterocycles. The first-order chi connectivity index (χ1) is 8.43. The van der Waals surface area contributed by atoms with Gasteiger partial charge in [-0.2, -0.15) is 5.10 Å². The van der Waals surface area contributed by atoms with Crippen LogP contribution in [0.2, 0.25) is 0 Å². The fourth-order valence-corrected chi connectivity index (χ4v) is 2.70. The minimum Gasteiger partial charge on any atom is -0.346 e. The van der Waals surface area contributed by atoms with Crippen LogP contribution < -0.4 is 11.1 Å². The highest BCUT2D eigenvalue weighted by Crippen LogP contribution is 2.36. The van der Waals surface area contributed by atoms with Crippen molar-refractivity contribution in [2.24, 2.45) is 7.05 Å². The zero-order valence-electron chi connectivity index (χ0n) is 11.9. The molecule has 0 atom stereocenters. The summed E-state index contributed by atoms with van der Waals surface area (Å²) in [6.07, 6.45) is 5.83. The van der Waals surface area contributed by atoms with Crippen LogP contribution in [0.15, 0.2) is 6.20 Å². The summed E-state index contributed by atoms with van der Waals surface area (Å²) in [4.78, 5) is 12.9. The Hall–Kier alpha value is -1.63. The van der Waals surface area contributed by atoms with Crippen molar-refractivity contribution in [3.63, 3.8) is 0 Å². The molecule has 1 saturated heterocycles. The van der Waals surface area contributed by atoms with E-state index in [9.17, 15) is 10.1 Å². The van der Waals surface area contributed by atoms with Crippen LogP contribution in [0.4, 0.5) is 11.5 Å². The third-order valence-corrected chi connectivity index (χ3v) is 3.74. The molecule has 0 saturated carbocycles. The summed E-state index contributed by atoms with van der Waals surface area (Å²) >= 11 is 0. The van der Waals surface area contributed by atoms with E-state index in [0.29, 0.717) is 5.82 Å². The number of aryl methyl sites for hydroxylation is 1. The van der Waals surface area contributed by atoms with Crippen molar-refractivity contribution in [1.82, 2.24) is 15.9 Å². The number of hydrogen-bond donors (Lipinski definition) is 1. The average Bonchev–Trinajstić information content (AvgIpc) is 2.56. The van der Waals surface area contributed by atoms with Crippen molar-refractivity contribution in [2.45, 2.75) is 45.1 Å². The van der Waals surface area contributed by atoms with Gasteiger partial charge in [-0.25, -0.2) is 4.68 Å². The van der Waals surface area contributed by atoms with E-state index in [-0.39, 0.29) is 22.3 Å². The molecule has 3 N–H and O–H groups in total. The van der Waals surface area contributed by atoms with Gasteiger partial charge in [0.2, 0.25) is 5.82 Å². The first-order valence-electron chi connectivity index (χ1n) is 6.37. The summed E-state index contributed by atoms with van der Waals surface area (Å²) in [6, 6.07) is 0. The van der Waals surface area contributed by atoms with E-state index >= 15 is 0 Å². The average molecular weight is 269 g/mol. The Kier molecular flexibility index (Phi) is 4.52. The van der Waals surface area contributed by atoms with E-state index in [2.05, 4.69) is 23.8 Å². The van der Waals surface area contributed by atoms with E-state index in [4.69, 9.17) is 0 Å². The molecule has 0 unspecified atom stereocenters. The van der Waals surface area contributed by atoms with E-state index in [1.165, 1.54) is 19.0 Å². The van der Waals surface area contributed by atoms with Crippen molar-refractivity contribution >= 4 is 11.5 Å². The Morgan fingerprint density at radius 3 is 2.68 bits per heavy atom. The molecule has 1 aromatic rings. The fraction of sp³-hybridized carbons (Fsp3) is 0.750. The second-order valence-corrected chi connectivity index (χ2v) is 5.51. The number of nitrogens with zero attached hydrogens (tertiary/aromatic N) is 4. The molecule has 0 amide bonds. The molecule has 19 heavy (non-hydrogen) atoms. The zero-order valence-corrected chi connectivity index (χ0v) is 11.9. The van der Waals surface area contributed by atoms with Gasteiger partial charge < -0.3 is 11.1 Å². The van der Waals surface area contributed by atoms with Crippen molar-refractivity contribution in [2.75, 3.05) is 11.4 Å². The van der Waals surface area contributed by atoms with Crippen LogP contribution in [0.5, 0.6) is 0 Å². The van der Waals surface area contributed by atoms with Gasteiger partial charge in [0.05, 0.1) is 4.92 Å². The maximum atomic E-state index is 11.1. The Morgan fingerprint density at radius 2 is 2.05 bits per heavy atom. The highest BCUT2D eigenvalue weighted by atomic mass is 16.6. The van der Waals surface area contributed by atoms with Crippen molar-refractivity contribution < 1.29 is 4.92 Å². The monoisotopic (exact) mass is 269 g/mol. The first kappa shape index (κ1) is 15.4. The van der Waals surface area contributed by atoms with Crippen LogP contribution in [0.1, 0.15) is 39.5 Å². The predicted molar refractivity (Wildman–Crippen MR) is 74.8 cm³/mol. The molecule has 7 nitrogen and oxygen atoms in total. The molecule has 0 radical (unpaired) electrons. The summed E-state index contributed by atoms with van der Waals surface area (Å²) in [5, 5.41) is 15.1. The standard InChI is InChI=1S/C12H20N4O2.H3N/c1-12(2)7-5-4-6-8-15(12)11-10(16(17)18)9-13-14(11)3;/h9H,4-8H2,1-3H3;1H3. The summed E-state index contributed by atoms with van der Waals surface area (Å²) in [5.41, 5.74) is 0.0437. The lowest BCUT2D eigenvalue weighted by Crippen LogP contribution is -2.44. The molecule has 0 bridgehead atoms. The molecule has 108 valence electrons. The Labute approximate surface area is 113 Å². The molecular weight excluding hydrogens is 246 g/mol. The van der Waals surface area contributed by atoms with Crippen LogP contribution in [-0.2, 0) is 7.05 Å². The third-order valence-electron chi connectivity index (χ3n) is 3.74. The number of anilines is 1. The van der Waals surface area contributed by atoms with Gasteiger partial charge in [-0.3, -0.25) is 10.1 Å². The number of rotatable bonds is 2.